The van der Waals surface area contributed by atoms with Gasteiger partial charge < -0.3 is 9.80 Å². The van der Waals surface area contributed by atoms with E-state index in [2.05, 4.69) is 18.9 Å². The third kappa shape index (κ3) is 3.39. The number of piperidine rings is 1. The zero-order valence-electron chi connectivity index (χ0n) is 13.0. The third-order valence-corrected chi connectivity index (χ3v) is 4.76. The van der Waals surface area contributed by atoms with Gasteiger partial charge in [0.25, 0.3) is 11.6 Å². The van der Waals surface area contributed by atoms with Gasteiger partial charge in [-0.15, -0.1) is 0 Å². The Labute approximate surface area is 134 Å². The summed E-state index contributed by atoms with van der Waals surface area (Å²) in [6.07, 6.45) is 1.82. The van der Waals surface area contributed by atoms with Gasteiger partial charge >= 0.3 is 0 Å². The molecule has 120 valence electrons. The van der Waals surface area contributed by atoms with Crippen molar-refractivity contribution in [3.8, 4) is 0 Å². The molecule has 1 aromatic carbocycles. The van der Waals surface area contributed by atoms with E-state index in [1.165, 1.54) is 18.2 Å². The lowest BCUT2D eigenvalue weighted by molar-refractivity contribution is -0.384. The lowest BCUT2D eigenvalue weighted by Gasteiger charge is -2.39. The number of rotatable bonds is 3. The minimum atomic E-state index is -0.525. The van der Waals surface area contributed by atoms with Crippen LogP contribution in [0.2, 0.25) is 5.02 Å². The smallest absolute Gasteiger partial charge is 0.270 e. The summed E-state index contributed by atoms with van der Waals surface area (Å²) < 4.78 is 0. The number of nitro benzene ring substituents is 1. The third-order valence-electron chi connectivity index (χ3n) is 4.44. The summed E-state index contributed by atoms with van der Waals surface area (Å²) in [6.45, 7) is 3.08. The molecule has 0 saturated carbocycles. The number of hydrogen-bond donors (Lipinski definition) is 0. The SMILES string of the molecule is C[C@H]1C[C@H](N(C)C(=O)c2ccc([N+](=O)[O-])cc2Cl)CCN1C. The number of amides is 1. The summed E-state index contributed by atoms with van der Waals surface area (Å²) in [5.74, 6) is -0.193. The van der Waals surface area contributed by atoms with E-state index >= 15 is 0 Å². The highest BCUT2D eigenvalue weighted by Gasteiger charge is 2.29. The fourth-order valence-electron chi connectivity index (χ4n) is 2.76. The number of benzene rings is 1. The van der Waals surface area contributed by atoms with Gasteiger partial charge in [0.1, 0.15) is 0 Å². The number of carbonyl (C=O) groups is 1. The second kappa shape index (κ2) is 6.62. The molecule has 22 heavy (non-hydrogen) atoms. The van der Waals surface area contributed by atoms with Crippen LogP contribution < -0.4 is 0 Å². The topological polar surface area (TPSA) is 66.7 Å². The first kappa shape index (κ1) is 16.7. The van der Waals surface area contributed by atoms with Gasteiger partial charge in [-0.2, -0.15) is 0 Å². The second-order valence-electron chi connectivity index (χ2n) is 5.85. The number of non-ortho nitro benzene ring substituents is 1. The molecule has 0 spiro atoms. The van der Waals surface area contributed by atoms with Gasteiger partial charge in [-0.25, -0.2) is 0 Å². The first-order chi connectivity index (χ1) is 10.3. The molecule has 0 aromatic heterocycles. The minimum Gasteiger partial charge on any atom is -0.339 e. The standard InChI is InChI=1S/C15H20ClN3O3/c1-10-8-11(6-7-17(10)2)18(3)15(20)13-5-4-12(19(21)22)9-14(13)16/h4-5,9-11H,6-8H2,1-3H3/t10-,11+/m0/s1. The number of nitro groups is 1. The van der Waals surface area contributed by atoms with Crippen LogP contribution in [0.5, 0.6) is 0 Å². The number of nitrogens with zero attached hydrogens (tertiary/aromatic N) is 3. The number of halogens is 1. The van der Waals surface area contributed by atoms with Crippen molar-refractivity contribution in [2.45, 2.75) is 31.8 Å². The quantitative estimate of drug-likeness (QED) is 0.633. The van der Waals surface area contributed by atoms with E-state index in [1.807, 2.05) is 0 Å². The van der Waals surface area contributed by atoms with E-state index in [-0.39, 0.29) is 22.7 Å². The van der Waals surface area contributed by atoms with E-state index < -0.39 is 4.92 Å². The van der Waals surface area contributed by atoms with Crippen LogP contribution in [0.1, 0.15) is 30.1 Å². The van der Waals surface area contributed by atoms with Gasteiger partial charge in [0.2, 0.25) is 0 Å². The summed E-state index contributed by atoms with van der Waals surface area (Å²) in [4.78, 5) is 26.8. The summed E-state index contributed by atoms with van der Waals surface area (Å²) in [6, 6.07) is 4.54. The maximum absolute atomic E-state index is 12.6. The van der Waals surface area contributed by atoms with Gasteiger partial charge in [-0.1, -0.05) is 11.6 Å². The van der Waals surface area contributed by atoms with Crippen molar-refractivity contribution in [2.24, 2.45) is 0 Å². The molecular weight excluding hydrogens is 306 g/mol. The molecule has 0 aliphatic carbocycles. The first-order valence-electron chi connectivity index (χ1n) is 7.22. The highest BCUT2D eigenvalue weighted by molar-refractivity contribution is 6.34. The van der Waals surface area contributed by atoms with Gasteiger partial charge in [0, 0.05) is 37.8 Å². The molecular formula is C15H20ClN3O3. The molecule has 0 unspecified atom stereocenters. The van der Waals surface area contributed by atoms with Gasteiger partial charge in [0.15, 0.2) is 0 Å². The van der Waals surface area contributed by atoms with Gasteiger partial charge in [0.05, 0.1) is 15.5 Å². The molecule has 0 radical (unpaired) electrons. The molecule has 7 heteroatoms. The monoisotopic (exact) mass is 325 g/mol. The van der Waals surface area contributed by atoms with Crippen LogP contribution in [-0.2, 0) is 0 Å². The lowest BCUT2D eigenvalue weighted by Crippen LogP contribution is -2.48. The number of carbonyl (C=O) groups excluding carboxylic acids is 1. The summed E-state index contributed by atoms with van der Waals surface area (Å²) in [5, 5.41) is 10.8. The Bertz CT molecular complexity index is 593. The average Bonchev–Trinajstić information content (AvgIpc) is 2.48. The number of hydrogen-bond acceptors (Lipinski definition) is 4. The average molecular weight is 326 g/mol. The van der Waals surface area contributed by atoms with Crippen LogP contribution in [0.4, 0.5) is 5.69 Å². The van der Waals surface area contributed by atoms with Gasteiger partial charge in [-0.05, 0) is 32.9 Å². The van der Waals surface area contributed by atoms with Crippen molar-refractivity contribution in [2.75, 3.05) is 20.6 Å². The Balaban J connectivity index is 2.15. The highest BCUT2D eigenvalue weighted by atomic mass is 35.5. The minimum absolute atomic E-state index is 0.114. The van der Waals surface area contributed by atoms with Crippen LogP contribution in [0, 0.1) is 10.1 Å². The zero-order valence-corrected chi connectivity index (χ0v) is 13.7. The molecule has 1 fully saturated rings. The van der Waals surface area contributed by atoms with Crippen LogP contribution in [0.25, 0.3) is 0 Å². The Kier molecular flexibility index (Phi) is 5.03. The lowest BCUT2D eigenvalue weighted by atomic mass is 9.97. The second-order valence-corrected chi connectivity index (χ2v) is 6.25. The molecule has 2 atom stereocenters. The maximum atomic E-state index is 12.6. The molecule has 1 saturated heterocycles. The molecule has 2 rings (SSSR count). The van der Waals surface area contributed by atoms with Crippen molar-refractivity contribution in [3.63, 3.8) is 0 Å². The van der Waals surface area contributed by atoms with Crippen LogP contribution >= 0.6 is 11.6 Å². The Morgan fingerprint density at radius 1 is 1.50 bits per heavy atom. The zero-order chi connectivity index (χ0) is 16.4. The Morgan fingerprint density at radius 2 is 2.18 bits per heavy atom. The van der Waals surface area contributed by atoms with E-state index in [4.69, 9.17) is 11.6 Å². The fourth-order valence-corrected chi connectivity index (χ4v) is 3.02. The van der Waals surface area contributed by atoms with E-state index in [0.29, 0.717) is 11.6 Å². The Morgan fingerprint density at radius 3 is 2.73 bits per heavy atom. The maximum Gasteiger partial charge on any atom is 0.270 e. The summed E-state index contributed by atoms with van der Waals surface area (Å²) >= 11 is 6.04. The van der Waals surface area contributed by atoms with Crippen molar-refractivity contribution in [1.82, 2.24) is 9.80 Å². The Hall–Kier alpha value is -1.66. The van der Waals surface area contributed by atoms with Crippen LogP contribution in [-0.4, -0.2) is 53.4 Å². The van der Waals surface area contributed by atoms with E-state index in [9.17, 15) is 14.9 Å². The molecule has 6 nitrogen and oxygen atoms in total. The normalized spacial score (nSPS) is 22.4. The molecule has 0 N–H and O–H groups in total. The fraction of sp³-hybridized carbons (Fsp3) is 0.533. The molecule has 0 bridgehead atoms. The van der Waals surface area contributed by atoms with Crippen LogP contribution in [0.3, 0.4) is 0 Å². The summed E-state index contributed by atoms with van der Waals surface area (Å²) in [5.41, 5.74) is 0.193. The molecule has 1 heterocycles. The predicted molar refractivity (Wildman–Crippen MR) is 85.3 cm³/mol. The first-order valence-corrected chi connectivity index (χ1v) is 7.60. The van der Waals surface area contributed by atoms with Crippen LogP contribution in [0.15, 0.2) is 18.2 Å². The van der Waals surface area contributed by atoms with Crippen molar-refractivity contribution >= 4 is 23.2 Å². The molecule has 1 aromatic rings. The van der Waals surface area contributed by atoms with E-state index in [1.54, 1.807) is 11.9 Å². The predicted octanol–water partition coefficient (Wildman–Crippen LogP) is 2.80. The van der Waals surface area contributed by atoms with Gasteiger partial charge in [-0.3, -0.25) is 14.9 Å². The summed E-state index contributed by atoms with van der Waals surface area (Å²) in [7, 11) is 3.85. The number of likely N-dealkylation sites (tertiary alicyclic amines) is 1. The molecule has 1 amide bonds. The van der Waals surface area contributed by atoms with Crippen molar-refractivity contribution in [1.29, 1.82) is 0 Å². The van der Waals surface area contributed by atoms with E-state index in [0.717, 1.165) is 19.4 Å². The van der Waals surface area contributed by atoms with Crippen molar-refractivity contribution < 1.29 is 9.72 Å². The molecule has 1 aliphatic heterocycles. The molecule has 1 aliphatic rings. The highest BCUT2D eigenvalue weighted by Crippen LogP contribution is 2.26. The largest absolute Gasteiger partial charge is 0.339 e. The van der Waals surface area contributed by atoms with Crippen molar-refractivity contribution in [3.05, 3.63) is 38.9 Å².